The van der Waals surface area contributed by atoms with Gasteiger partial charge in [0.05, 0.1) is 12.3 Å². The first-order chi connectivity index (χ1) is 12.6. The summed E-state index contributed by atoms with van der Waals surface area (Å²) in [7, 11) is 0. The van der Waals surface area contributed by atoms with Crippen LogP contribution in [0, 0.1) is 5.92 Å². The zero-order chi connectivity index (χ0) is 17.9. The summed E-state index contributed by atoms with van der Waals surface area (Å²) in [6.07, 6.45) is 0.122. The topological polar surface area (TPSA) is 26.7 Å². The molecule has 0 unspecified atom stereocenters. The molecule has 3 heteroatoms. The molecule has 3 nitrogen and oxygen atoms in total. The number of hydrogen-bond acceptors (Lipinski definition) is 3. The van der Waals surface area contributed by atoms with E-state index >= 15 is 0 Å². The first-order valence-corrected chi connectivity index (χ1v) is 9.84. The fourth-order valence-corrected chi connectivity index (χ4v) is 6.21. The van der Waals surface area contributed by atoms with Gasteiger partial charge in [-0.05, 0) is 17.0 Å². The number of rotatable bonds is 3. The molecule has 0 amide bonds. The summed E-state index contributed by atoms with van der Waals surface area (Å²) in [6.45, 7) is 8.46. The molecule has 0 spiro atoms. The molecule has 0 atom stereocenters. The van der Waals surface area contributed by atoms with Crippen LogP contribution in [0.1, 0.15) is 25.0 Å². The highest BCUT2D eigenvalue weighted by molar-refractivity contribution is 5.42. The summed E-state index contributed by atoms with van der Waals surface area (Å²) in [6, 6.07) is 21.4. The molecule has 4 bridgehead atoms. The van der Waals surface area contributed by atoms with Crippen molar-refractivity contribution in [1.82, 2.24) is 9.80 Å². The normalized spacial score (nSPS) is 40.9. The zero-order valence-corrected chi connectivity index (χ0v) is 15.7. The van der Waals surface area contributed by atoms with Crippen LogP contribution >= 0.6 is 0 Å². The van der Waals surface area contributed by atoms with Crippen molar-refractivity contribution in [2.45, 2.75) is 36.9 Å². The maximum Gasteiger partial charge on any atom is 0.0782 e. The molecule has 0 radical (unpaired) electrons. The molecule has 6 rings (SSSR count). The Morgan fingerprint density at radius 1 is 0.769 bits per heavy atom. The van der Waals surface area contributed by atoms with Crippen LogP contribution in [0.2, 0.25) is 0 Å². The van der Waals surface area contributed by atoms with Gasteiger partial charge in [0.25, 0.3) is 0 Å². The van der Waals surface area contributed by atoms with Gasteiger partial charge >= 0.3 is 0 Å². The van der Waals surface area contributed by atoms with E-state index in [2.05, 4.69) is 84.3 Å². The summed E-state index contributed by atoms with van der Waals surface area (Å²) in [5, 5.41) is 11.8. The minimum atomic E-state index is -0.361. The van der Waals surface area contributed by atoms with E-state index in [0.717, 1.165) is 26.2 Å². The Hall–Kier alpha value is -1.68. The average molecular weight is 348 g/mol. The van der Waals surface area contributed by atoms with Gasteiger partial charge in [-0.1, -0.05) is 74.5 Å². The van der Waals surface area contributed by atoms with Gasteiger partial charge in [0.1, 0.15) is 0 Å². The first-order valence-electron chi connectivity index (χ1n) is 9.84. The summed E-state index contributed by atoms with van der Waals surface area (Å²) in [4.78, 5) is 5.29. The number of piperidine rings is 2. The van der Waals surface area contributed by atoms with E-state index in [1.165, 1.54) is 11.1 Å². The quantitative estimate of drug-likeness (QED) is 0.924. The Bertz CT molecular complexity index is 713. The molecule has 4 fully saturated rings. The van der Waals surface area contributed by atoms with Crippen molar-refractivity contribution in [2.24, 2.45) is 5.92 Å². The third kappa shape index (κ3) is 2.05. The largest absolute Gasteiger partial charge is 0.391 e. The van der Waals surface area contributed by atoms with E-state index in [9.17, 15) is 5.11 Å². The number of aliphatic hydroxyl groups excluding tert-OH is 1. The van der Waals surface area contributed by atoms with E-state index in [0.29, 0.717) is 12.1 Å². The lowest BCUT2D eigenvalue weighted by atomic mass is 9.54. The Balaban J connectivity index is 1.68. The number of nitrogens with zero attached hydrogens (tertiary/aromatic N) is 2. The molecule has 2 aromatic rings. The Morgan fingerprint density at radius 2 is 1.15 bits per heavy atom. The molecule has 136 valence electrons. The Kier molecular flexibility index (Phi) is 3.59. The van der Waals surface area contributed by atoms with Gasteiger partial charge in [0.15, 0.2) is 0 Å². The van der Waals surface area contributed by atoms with Crippen LogP contribution in [-0.4, -0.2) is 53.4 Å². The predicted octanol–water partition coefficient (Wildman–Crippen LogP) is 2.85. The maximum atomic E-state index is 11.8. The van der Waals surface area contributed by atoms with Crippen LogP contribution in [0.15, 0.2) is 60.7 Å². The highest BCUT2D eigenvalue weighted by atomic mass is 16.3. The van der Waals surface area contributed by atoms with E-state index in [1.54, 1.807) is 0 Å². The van der Waals surface area contributed by atoms with Crippen molar-refractivity contribution >= 4 is 0 Å². The summed E-state index contributed by atoms with van der Waals surface area (Å²) in [5.41, 5.74) is 2.15. The summed E-state index contributed by atoms with van der Waals surface area (Å²) >= 11 is 0. The standard InChI is InChI=1S/C23H28N2O/c1-17(2)20-24-13-22(18-9-5-3-6-10-18)14-25(20)16-23(15-24,21(22)26)19-11-7-4-8-12-19/h3-12,17,20-21,26H,13-16H2,1-2H3. The molecule has 0 aromatic heterocycles. The zero-order valence-electron chi connectivity index (χ0n) is 15.7. The average Bonchev–Trinajstić information content (AvgIpc) is 2.66. The van der Waals surface area contributed by atoms with Crippen molar-refractivity contribution in [3.8, 4) is 0 Å². The van der Waals surface area contributed by atoms with Gasteiger partial charge in [-0.2, -0.15) is 0 Å². The third-order valence-corrected chi connectivity index (χ3v) is 7.03. The van der Waals surface area contributed by atoms with E-state index in [-0.39, 0.29) is 16.9 Å². The molecule has 4 saturated heterocycles. The van der Waals surface area contributed by atoms with Gasteiger partial charge in [0, 0.05) is 37.0 Å². The summed E-state index contributed by atoms with van der Waals surface area (Å²) in [5.74, 6) is 0.591. The lowest BCUT2D eigenvalue weighted by Gasteiger charge is -2.70. The van der Waals surface area contributed by atoms with Crippen LogP contribution in [0.4, 0.5) is 0 Å². The van der Waals surface area contributed by atoms with Gasteiger partial charge in [-0.3, -0.25) is 9.80 Å². The lowest BCUT2D eigenvalue weighted by molar-refractivity contribution is -0.215. The summed E-state index contributed by atoms with van der Waals surface area (Å²) < 4.78 is 0. The molecular formula is C23H28N2O. The van der Waals surface area contributed by atoms with Crippen molar-refractivity contribution in [2.75, 3.05) is 26.2 Å². The smallest absolute Gasteiger partial charge is 0.0782 e. The molecule has 4 aliphatic rings. The van der Waals surface area contributed by atoms with Gasteiger partial charge in [-0.25, -0.2) is 0 Å². The number of aliphatic hydroxyl groups is 1. The molecule has 26 heavy (non-hydrogen) atoms. The number of hydrogen-bond donors (Lipinski definition) is 1. The fourth-order valence-electron chi connectivity index (χ4n) is 6.21. The van der Waals surface area contributed by atoms with Gasteiger partial charge < -0.3 is 5.11 Å². The van der Waals surface area contributed by atoms with E-state index < -0.39 is 0 Å². The van der Waals surface area contributed by atoms with Crippen molar-refractivity contribution in [3.63, 3.8) is 0 Å². The van der Waals surface area contributed by atoms with E-state index in [1.807, 2.05) is 0 Å². The fraction of sp³-hybridized carbons (Fsp3) is 0.478. The van der Waals surface area contributed by atoms with Crippen LogP contribution in [-0.2, 0) is 10.8 Å². The van der Waals surface area contributed by atoms with Crippen LogP contribution in [0.3, 0.4) is 0 Å². The van der Waals surface area contributed by atoms with Crippen molar-refractivity contribution < 1.29 is 5.11 Å². The second-order valence-electron chi connectivity index (χ2n) is 8.91. The van der Waals surface area contributed by atoms with Crippen LogP contribution < -0.4 is 0 Å². The van der Waals surface area contributed by atoms with Crippen LogP contribution in [0.25, 0.3) is 0 Å². The van der Waals surface area contributed by atoms with Gasteiger partial charge in [-0.15, -0.1) is 0 Å². The first kappa shape index (κ1) is 16.5. The number of benzene rings is 2. The van der Waals surface area contributed by atoms with Crippen molar-refractivity contribution in [1.29, 1.82) is 0 Å². The Morgan fingerprint density at radius 3 is 1.50 bits per heavy atom. The SMILES string of the molecule is CC(C)C1N2CC3(c4ccccc4)CN1CC(c1ccccc1)(C2)C3O. The van der Waals surface area contributed by atoms with Crippen LogP contribution in [0.5, 0.6) is 0 Å². The van der Waals surface area contributed by atoms with Crippen molar-refractivity contribution in [3.05, 3.63) is 71.8 Å². The molecule has 0 aliphatic carbocycles. The Labute approximate surface area is 156 Å². The second kappa shape index (κ2) is 5.66. The maximum absolute atomic E-state index is 11.8. The molecule has 2 aromatic carbocycles. The second-order valence-corrected chi connectivity index (χ2v) is 8.91. The molecular weight excluding hydrogens is 320 g/mol. The molecule has 1 N–H and O–H groups in total. The van der Waals surface area contributed by atoms with Gasteiger partial charge in [0.2, 0.25) is 0 Å². The minimum absolute atomic E-state index is 0.209. The highest BCUT2D eigenvalue weighted by Crippen LogP contribution is 2.54. The molecule has 4 aliphatic heterocycles. The monoisotopic (exact) mass is 348 g/mol. The molecule has 4 heterocycles. The predicted molar refractivity (Wildman–Crippen MR) is 104 cm³/mol. The minimum Gasteiger partial charge on any atom is -0.391 e. The van der Waals surface area contributed by atoms with E-state index in [4.69, 9.17) is 0 Å². The highest BCUT2D eigenvalue weighted by Gasteiger charge is 2.66. The third-order valence-electron chi connectivity index (χ3n) is 7.03. The molecule has 0 saturated carbocycles. The lowest BCUT2D eigenvalue weighted by Crippen LogP contribution is -2.84.